The first kappa shape index (κ1) is 14.7. The maximum absolute atomic E-state index is 5.86. The van der Waals surface area contributed by atoms with E-state index in [1.165, 1.54) is 18.4 Å². The van der Waals surface area contributed by atoms with Gasteiger partial charge in [0, 0.05) is 32.7 Å². The SMILES string of the molecule is COc1cc(CCN2CCNCC2)ccc1OCC1CC1. The maximum atomic E-state index is 5.86. The van der Waals surface area contributed by atoms with Crippen LogP contribution in [0.1, 0.15) is 18.4 Å². The molecule has 3 rings (SSSR count). The van der Waals surface area contributed by atoms with Crippen molar-refractivity contribution < 1.29 is 9.47 Å². The zero-order valence-electron chi connectivity index (χ0n) is 12.9. The van der Waals surface area contributed by atoms with Crippen molar-refractivity contribution in [2.75, 3.05) is 46.4 Å². The highest BCUT2D eigenvalue weighted by Gasteiger charge is 2.22. The lowest BCUT2D eigenvalue weighted by molar-refractivity contribution is 0.243. The Kier molecular flexibility index (Phi) is 4.99. The normalized spacial score (nSPS) is 19.5. The summed E-state index contributed by atoms with van der Waals surface area (Å²) in [5, 5.41) is 3.39. The molecular formula is C17H26N2O2. The van der Waals surface area contributed by atoms with Crippen molar-refractivity contribution in [3.63, 3.8) is 0 Å². The minimum atomic E-state index is 0.766. The Balaban J connectivity index is 1.54. The van der Waals surface area contributed by atoms with Crippen LogP contribution in [0.15, 0.2) is 18.2 Å². The third-order valence-electron chi connectivity index (χ3n) is 4.33. The molecule has 0 unspecified atom stereocenters. The zero-order chi connectivity index (χ0) is 14.5. The molecule has 1 saturated heterocycles. The quantitative estimate of drug-likeness (QED) is 0.832. The predicted molar refractivity (Wildman–Crippen MR) is 84.2 cm³/mol. The molecule has 21 heavy (non-hydrogen) atoms. The van der Waals surface area contributed by atoms with Gasteiger partial charge in [-0.25, -0.2) is 0 Å². The fourth-order valence-corrected chi connectivity index (χ4v) is 2.70. The van der Waals surface area contributed by atoms with E-state index < -0.39 is 0 Å². The third kappa shape index (κ3) is 4.35. The molecule has 2 aliphatic rings. The number of benzene rings is 1. The number of nitrogens with zero attached hydrogens (tertiary/aromatic N) is 1. The molecule has 0 bridgehead atoms. The van der Waals surface area contributed by atoms with Gasteiger partial charge in [0.15, 0.2) is 11.5 Å². The number of piperazine rings is 1. The first-order valence-electron chi connectivity index (χ1n) is 8.08. The van der Waals surface area contributed by atoms with E-state index in [9.17, 15) is 0 Å². The highest BCUT2D eigenvalue weighted by Crippen LogP contribution is 2.33. The van der Waals surface area contributed by atoms with Crippen molar-refractivity contribution in [2.24, 2.45) is 5.92 Å². The van der Waals surface area contributed by atoms with Crippen molar-refractivity contribution in [3.8, 4) is 11.5 Å². The van der Waals surface area contributed by atoms with E-state index in [-0.39, 0.29) is 0 Å². The summed E-state index contributed by atoms with van der Waals surface area (Å²) in [4.78, 5) is 2.51. The lowest BCUT2D eigenvalue weighted by Crippen LogP contribution is -2.44. The molecule has 1 aliphatic heterocycles. The molecule has 1 aromatic rings. The van der Waals surface area contributed by atoms with Crippen molar-refractivity contribution >= 4 is 0 Å². The Labute approximate surface area is 127 Å². The van der Waals surface area contributed by atoms with Gasteiger partial charge >= 0.3 is 0 Å². The van der Waals surface area contributed by atoms with Crippen molar-refractivity contribution in [2.45, 2.75) is 19.3 Å². The summed E-state index contributed by atoms with van der Waals surface area (Å²) in [6.07, 6.45) is 3.69. The molecule has 0 spiro atoms. The average Bonchev–Trinajstić information content (AvgIpc) is 3.36. The van der Waals surface area contributed by atoms with Crippen LogP contribution in [0.5, 0.6) is 11.5 Å². The summed E-state index contributed by atoms with van der Waals surface area (Å²) in [6, 6.07) is 6.37. The number of nitrogens with one attached hydrogen (secondary N) is 1. The van der Waals surface area contributed by atoms with Gasteiger partial charge in [0.1, 0.15) is 0 Å². The van der Waals surface area contributed by atoms with E-state index in [0.29, 0.717) is 0 Å². The minimum Gasteiger partial charge on any atom is -0.493 e. The van der Waals surface area contributed by atoms with E-state index in [2.05, 4.69) is 28.4 Å². The topological polar surface area (TPSA) is 33.7 Å². The Morgan fingerprint density at radius 3 is 2.71 bits per heavy atom. The molecule has 4 nitrogen and oxygen atoms in total. The molecule has 1 N–H and O–H groups in total. The van der Waals surface area contributed by atoms with Crippen LogP contribution in [0.3, 0.4) is 0 Å². The molecule has 116 valence electrons. The molecule has 1 heterocycles. The first-order chi connectivity index (χ1) is 10.3. The second kappa shape index (κ2) is 7.14. The molecular weight excluding hydrogens is 264 g/mol. The van der Waals surface area contributed by atoms with Crippen molar-refractivity contribution in [1.29, 1.82) is 0 Å². The Morgan fingerprint density at radius 1 is 1.19 bits per heavy atom. The molecule has 1 aromatic carbocycles. The highest BCUT2D eigenvalue weighted by molar-refractivity contribution is 5.43. The molecule has 1 saturated carbocycles. The standard InChI is InChI=1S/C17H26N2O2/c1-20-17-12-14(6-9-19-10-7-18-8-11-19)4-5-16(17)21-13-15-2-3-15/h4-5,12,15,18H,2-3,6-11,13H2,1H3. The van der Waals surface area contributed by atoms with E-state index in [1.54, 1.807) is 7.11 Å². The number of methoxy groups -OCH3 is 1. The highest BCUT2D eigenvalue weighted by atomic mass is 16.5. The monoisotopic (exact) mass is 290 g/mol. The van der Waals surface area contributed by atoms with Crippen molar-refractivity contribution in [3.05, 3.63) is 23.8 Å². The van der Waals surface area contributed by atoms with Gasteiger partial charge < -0.3 is 19.7 Å². The van der Waals surface area contributed by atoms with Crippen LogP contribution >= 0.6 is 0 Å². The van der Waals surface area contributed by atoms with E-state index in [4.69, 9.17) is 9.47 Å². The van der Waals surface area contributed by atoms with Crippen molar-refractivity contribution in [1.82, 2.24) is 10.2 Å². The molecule has 0 radical (unpaired) electrons. The molecule has 0 atom stereocenters. The fraction of sp³-hybridized carbons (Fsp3) is 0.647. The summed E-state index contributed by atoms with van der Waals surface area (Å²) < 4.78 is 11.3. The largest absolute Gasteiger partial charge is 0.493 e. The Bertz CT molecular complexity index is 454. The van der Waals surface area contributed by atoms with Gasteiger partial charge in [-0.2, -0.15) is 0 Å². The summed E-state index contributed by atoms with van der Waals surface area (Å²) in [6.45, 7) is 6.47. The van der Waals surface area contributed by atoms with E-state index >= 15 is 0 Å². The number of hydrogen-bond donors (Lipinski definition) is 1. The molecule has 1 aliphatic carbocycles. The lowest BCUT2D eigenvalue weighted by Gasteiger charge is -2.27. The summed E-state index contributed by atoms with van der Waals surface area (Å²) in [5.41, 5.74) is 1.32. The Morgan fingerprint density at radius 2 is 2.00 bits per heavy atom. The van der Waals surface area contributed by atoms with Crippen LogP contribution in [0.4, 0.5) is 0 Å². The molecule has 2 fully saturated rings. The minimum absolute atomic E-state index is 0.766. The third-order valence-corrected chi connectivity index (χ3v) is 4.33. The second-order valence-corrected chi connectivity index (χ2v) is 6.08. The van der Waals surface area contributed by atoms with Gasteiger partial charge in [0.05, 0.1) is 13.7 Å². The summed E-state index contributed by atoms with van der Waals surface area (Å²) >= 11 is 0. The predicted octanol–water partition coefficient (Wildman–Crippen LogP) is 1.93. The van der Waals surface area contributed by atoms with Crippen LogP contribution in [-0.4, -0.2) is 51.3 Å². The van der Waals surface area contributed by atoms with Crippen LogP contribution in [0.2, 0.25) is 0 Å². The smallest absolute Gasteiger partial charge is 0.161 e. The number of rotatable bonds is 7. The van der Waals surface area contributed by atoms with Gasteiger partial charge in [-0.05, 0) is 42.9 Å². The average molecular weight is 290 g/mol. The number of ether oxygens (including phenoxy) is 2. The second-order valence-electron chi connectivity index (χ2n) is 6.08. The lowest BCUT2D eigenvalue weighted by atomic mass is 10.1. The zero-order valence-corrected chi connectivity index (χ0v) is 12.9. The molecule has 0 amide bonds. The van der Waals surface area contributed by atoms with Gasteiger partial charge in [0.2, 0.25) is 0 Å². The summed E-state index contributed by atoms with van der Waals surface area (Å²) in [5.74, 6) is 2.52. The van der Waals surface area contributed by atoms with Crippen LogP contribution in [-0.2, 0) is 6.42 Å². The van der Waals surface area contributed by atoms with Gasteiger partial charge in [-0.3, -0.25) is 0 Å². The number of hydrogen-bond acceptors (Lipinski definition) is 4. The van der Waals surface area contributed by atoms with Crippen LogP contribution in [0, 0.1) is 5.92 Å². The van der Waals surface area contributed by atoms with Crippen LogP contribution in [0.25, 0.3) is 0 Å². The summed E-state index contributed by atoms with van der Waals surface area (Å²) in [7, 11) is 1.72. The molecule has 4 heteroatoms. The van der Waals surface area contributed by atoms with Gasteiger partial charge in [0.25, 0.3) is 0 Å². The Hall–Kier alpha value is -1.26. The van der Waals surface area contributed by atoms with Gasteiger partial charge in [-0.15, -0.1) is 0 Å². The fourth-order valence-electron chi connectivity index (χ4n) is 2.70. The maximum Gasteiger partial charge on any atom is 0.161 e. The van der Waals surface area contributed by atoms with E-state index in [1.807, 2.05) is 0 Å². The van der Waals surface area contributed by atoms with Crippen LogP contribution < -0.4 is 14.8 Å². The van der Waals surface area contributed by atoms with E-state index in [0.717, 1.165) is 63.2 Å². The van der Waals surface area contributed by atoms with Gasteiger partial charge in [-0.1, -0.05) is 6.07 Å². The first-order valence-corrected chi connectivity index (χ1v) is 8.08. The molecule has 0 aromatic heterocycles.